The van der Waals surface area contributed by atoms with Gasteiger partial charge in [0, 0.05) is 27.3 Å². The fourth-order valence-electron chi connectivity index (χ4n) is 1.76. The van der Waals surface area contributed by atoms with Crippen molar-refractivity contribution in [3.05, 3.63) is 0 Å². The van der Waals surface area contributed by atoms with Gasteiger partial charge in [-0.25, -0.2) is 0 Å². The van der Waals surface area contributed by atoms with E-state index in [0.29, 0.717) is 12.6 Å². The average Bonchev–Trinajstić information content (AvgIpc) is 2.63. The number of ether oxygens (including phenoxy) is 2. The van der Waals surface area contributed by atoms with E-state index in [9.17, 15) is 0 Å². The number of thiocarbonyl (C=S) groups is 1. The predicted octanol–water partition coefficient (Wildman–Crippen LogP) is 0.616. The molecule has 5 heteroatoms. The van der Waals surface area contributed by atoms with E-state index in [0.717, 1.165) is 24.7 Å². The molecule has 1 aliphatic rings. The molecule has 88 valence electrons. The molecule has 0 saturated carbocycles. The Labute approximate surface area is 96.9 Å². The third-order valence-corrected chi connectivity index (χ3v) is 3.17. The van der Waals surface area contributed by atoms with E-state index in [1.54, 1.807) is 7.11 Å². The molecule has 15 heavy (non-hydrogen) atoms. The first-order valence-electron chi connectivity index (χ1n) is 5.28. The molecule has 0 aromatic heterocycles. The summed E-state index contributed by atoms with van der Waals surface area (Å²) in [5, 5.41) is 3.93. The fraction of sp³-hybridized carbons (Fsp3) is 0.900. The Balaban J connectivity index is 2.31. The van der Waals surface area contributed by atoms with Crippen molar-refractivity contribution in [3.63, 3.8) is 0 Å². The van der Waals surface area contributed by atoms with Crippen molar-refractivity contribution in [1.29, 1.82) is 0 Å². The maximum Gasteiger partial charge on any atom is 0.169 e. The van der Waals surface area contributed by atoms with Crippen LogP contribution in [0.3, 0.4) is 0 Å². The van der Waals surface area contributed by atoms with E-state index in [4.69, 9.17) is 21.7 Å². The van der Waals surface area contributed by atoms with E-state index < -0.39 is 0 Å². The largest absolute Gasteiger partial charge is 0.383 e. The second-order valence-electron chi connectivity index (χ2n) is 3.77. The Hall–Kier alpha value is -0.390. The topological polar surface area (TPSA) is 33.7 Å². The Kier molecular flexibility index (Phi) is 5.28. The second-order valence-corrected chi connectivity index (χ2v) is 4.15. The van der Waals surface area contributed by atoms with Gasteiger partial charge in [0.2, 0.25) is 0 Å². The van der Waals surface area contributed by atoms with Crippen molar-refractivity contribution in [2.75, 3.05) is 33.9 Å². The summed E-state index contributed by atoms with van der Waals surface area (Å²) in [7, 11) is 3.69. The summed E-state index contributed by atoms with van der Waals surface area (Å²) in [6.45, 7) is 4.34. The maximum absolute atomic E-state index is 5.51. The third kappa shape index (κ3) is 3.59. The highest BCUT2D eigenvalue weighted by atomic mass is 32.1. The summed E-state index contributed by atoms with van der Waals surface area (Å²) in [6, 6.07) is 0.396. The first-order chi connectivity index (χ1) is 7.16. The molecule has 1 N–H and O–H groups in total. The lowest BCUT2D eigenvalue weighted by molar-refractivity contribution is 0.0995. The minimum absolute atomic E-state index is 0.261. The molecule has 2 atom stereocenters. The first-order valence-corrected chi connectivity index (χ1v) is 5.69. The van der Waals surface area contributed by atoms with E-state index >= 15 is 0 Å². The molecular weight excluding hydrogens is 212 g/mol. The zero-order chi connectivity index (χ0) is 11.3. The molecule has 4 nitrogen and oxygen atoms in total. The average molecular weight is 232 g/mol. The summed E-state index contributed by atoms with van der Waals surface area (Å²) in [5.41, 5.74) is 0. The second kappa shape index (κ2) is 6.25. The monoisotopic (exact) mass is 232 g/mol. The van der Waals surface area contributed by atoms with Crippen molar-refractivity contribution in [1.82, 2.24) is 10.2 Å². The SMILES string of the molecule is COCCNC(=S)N(C)C1CCOC1C. The molecule has 1 rings (SSSR count). The number of methoxy groups -OCH3 is 1. The third-order valence-electron chi connectivity index (χ3n) is 2.74. The zero-order valence-electron chi connectivity index (χ0n) is 9.66. The highest BCUT2D eigenvalue weighted by molar-refractivity contribution is 7.80. The number of likely N-dealkylation sites (N-methyl/N-ethyl adjacent to an activating group) is 1. The smallest absolute Gasteiger partial charge is 0.169 e. The zero-order valence-corrected chi connectivity index (χ0v) is 10.5. The van der Waals surface area contributed by atoms with Crippen molar-refractivity contribution in [2.24, 2.45) is 0 Å². The predicted molar refractivity (Wildman–Crippen MR) is 64.1 cm³/mol. The van der Waals surface area contributed by atoms with Crippen LogP contribution in [-0.4, -0.2) is 56.1 Å². The summed E-state index contributed by atoms with van der Waals surface area (Å²) < 4.78 is 10.5. The number of hydrogen-bond acceptors (Lipinski definition) is 3. The molecule has 0 spiro atoms. The van der Waals surface area contributed by atoms with Gasteiger partial charge in [0.1, 0.15) is 0 Å². The van der Waals surface area contributed by atoms with Crippen LogP contribution in [0.4, 0.5) is 0 Å². The Morgan fingerprint density at radius 2 is 2.40 bits per heavy atom. The number of rotatable bonds is 4. The van der Waals surface area contributed by atoms with Gasteiger partial charge >= 0.3 is 0 Å². The van der Waals surface area contributed by atoms with Crippen LogP contribution >= 0.6 is 12.2 Å². The number of nitrogens with zero attached hydrogens (tertiary/aromatic N) is 1. The molecule has 0 radical (unpaired) electrons. The summed E-state index contributed by atoms with van der Waals surface area (Å²) >= 11 is 5.28. The maximum atomic E-state index is 5.51. The minimum atomic E-state index is 0.261. The van der Waals surface area contributed by atoms with Gasteiger partial charge in [0.25, 0.3) is 0 Å². The Morgan fingerprint density at radius 1 is 1.67 bits per heavy atom. The van der Waals surface area contributed by atoms with Crippen LogP contribution in [-0.2, 0) is 9.47 Å². The van der Waals surface area contributed by atoms with E-state index in [2.05, 4.69) is 17.1 Å². The van der Waals surface area contributed by atoms with Crippen LogP contribution in [0.1, 0.15) is 13.3 Å². The van der Waals surface area contributed by atoms with E-state index in [-0.39, 0.29) is 6.10 Å². The molecule has 0 amide bonds. The summed E-state index contributed by atoms with van der Waals surface area (Å²) in [6.07, 6.45) is 1.31. The van der Waals surface area contributed by atoms with Crippen LogP contribution in [0, 0.1) is 0 Å². The van der Waals surface area contributed by atoms with E-state index in [1.165, 1.54) is 0 Å². The lowest BCUT2D eigenvalue weighted by atomic mass is 10.1. The molecule has 1 fully saturated rings. The number of nitrogens with one attached hydrogen (secondary N) is 1. The van der Waals surface area contributed by atoms with Crippen molar-refractivity contribution >= 4 is 17.3 Å². The van der Waals surface area contributed by atoms with Gasteiger partial charge in [-0.2, -0.15) is 0 Å². The quantitative estimate of drug-likeness (QED) is 0.567. The molecule has 2 unspecified atom stereocenters. The fourth-order valence-corrected chi connectivity index (χ4v) is 2.00. The van der Waals surface area contributed by atoms with Gasteiger partial charge in [0.05, 0.1) is 18.8 Å². The highest BCUT2D eigenvalue weighted by Gasteiger charge is 2.28. The minimum Gasteiger partial charge on any atom is -0.383 e. The molecule has 1 saturated heterocycles. The van der Waals surface area contributed by atoms with Crippen molar-refractivity contribution in [3.8, 4) is 0 Å². The molecular formula is C10H20N2O2S. The van der Waals surface area contributed by atoms with Gasteiger partial charge in [-0.15, -0.1) is 0 Å². The first kappa shape index (κ1) is 12.7. The Morgan fingerprint density at radius 3 is 2.93 bits per heavy atom. The normalized spacial score (nSPS) is 25.3. The van der Waals surface area contributed by atoms with Crippen LogP contribution < -0.4 is 5.32 Å². The van der Waals surface area contributed by atoms with Crippen molar-refractivity contribution in [2.45, 2.75) is 25.5 Å². The van der Waals surface area contributed by atoms with Gasteiger partial charge in [0.15, 0.2) is 5.11 Å². The molecule has 0 aliphatic carbocycles. The molecule has 0 aromatic rings. The molecule has 1 aliphatic heterocycles. The standard InChI is InChI=1S/C10H20N2O2S/c1-8-9(4-6-14-8)12(2)10(15)11-5-7-13-3/h8-9H,4-7H2,1-3H3,(H,11,15). The van der Waals surface area contributed by atoms with Gasteiger partial charge < -0.3 is 19.7 Å². The molecule has 1 heterocycles. The van der Waals surface area contributed by atoms with E-state index in [1.807, 2.05) is 7.05 Å². The van der Waals surface area contributed by atoms with Gasteiger partial charge in [-0.1, -0.05) is 0 Å². The highest BCUT2D eigenvalue weighted by Crippen LogP contribution is 2.17. The summed E-state index contributed by atoms with van der Waals surface area (Å²) in [5.74, 6) is 0. The molecule has 0 bridgehead atoms. The van der Waals surface area contributed by atoms with Gasteiger partial charge in [-0.05, 0) is 25.6 Å². The lowest BCUT2D eigenvalue weighted by Crippen LogP contribution is -2.46. The van der Waals surface area contributed by atoms with Crippen LogP contribution in [0.5, 0.6) is 0 Å². The van der Waals surface area contributed by atoms with Crippen LogP contribution in [0.25, 0.3) is 0 Å². The molecule has 0 aromatic carbocycles. The summed E-state index contributed by atoms with van der Waals surface area (Å²) in [4.78, 5) is 2.09. The lowest BCUT2D eigenvalue weighted by Gasteiger charge is -2.29. The number of hydrogen-bond donors (Lipinski definition) is 1. The van der Waals surface area contributed by atoms with Crippen molar-refractivity contribution < 1.29 is 9.47 Å². The Bertz CT molecular complexity index is 214. The van der Waals surface area contributed by atoms with Gasteiger partial charge in [-0.3, -0.25) is 0 Å². The van der Waals surface area contributed by atoms with Crippen LogP contribution in [0.15, 0.2) is 0 Å². The van der Waals surface area contributed by atoms with Crippen LogP contribution in [0.2, 0.25) is 0 Å².